The van der Waals surface area contributed by atoms with Gasteiger partial charge in [-0.25, -0.2) is 0 Å². The first-order chi connectivity index (χ1) is 9.70. The van der Waals surface area contributed by atoms with Crippen LogP contribution in [0.2, 0.25) is 0 Å². The Bertz CT molecular complexity index is 599. The number of carbonyl (C=O) groups is 1. The molecule has 0 aliphatic rings. The van der Waals surface area contributed by atoms with Crippen molar-refractivity contribution in [3.63, 3.8) is 0 Å². The lowest BCUT2D eigenvalue weighted by Crippen LogP contribution is -2.17. The number of halogens is 1. The lowest BCUT2D eigenvalue weighted by molar-refractivity contribution is 0.102. The Hall–Kier alpha value is -1.40. The number of benzene rings is 2. The highest BCUT2D eigenvalue weighted by molar-refractivity contribution is 14.1. The standard InChI is InChI=1S/C16H17IN2O/c1-18-10-9-12-5-2-3-8-15(12)16(20)19-14-7-4-6-13(17)11-14/h2-8,11,18H,9-10H2,1H3,(H,19,20). The molecule has 3 nitrogen and oxygen atoms in total. The molecule has 0 bridgehead atoms. The van der Waals surface area contributed by atoms with E-state index in [1.54, 1.807) is 0 Å². The van der Waals surface area contributed by atoms with Gasteiger partial charge in [0.05, 0.1) is 0 Å². The molecule has 2 rings (SSSR count). The smallest absolute Gasteiger partial charge is 0.255 e. The van der Waals surface area contributed by atoms with E-state index in [2.05, 4.69) is 33.2 Å². The molecule has 104 valence electrons. The van der Waals surface area contributed by atoms with Crippen molar-refractivity contribution in [2.24, 2.45) is 0 Å². The van der Waals surface area contributed by atoms with E-state index < -0.39 is 0 Å². The average molecular weight is 380 g/mol. The van der Waals surface area contributed by atoms with Gasteiger partial charge in [-0.05, 0) is 72.4 Å². The van der Waals surface area contributed by atoms with Crippen LogP contribution in [0.25, 0.3) is 0 Å². The molecule has 0 spiro atoms. The van der Waals surface area contributed by atoms with Gasteiger partial charge < -0.3 is 10.6 Å². The van der Waals surface area contributed by atoms with Gasteiger partial charge in [0.2, 0.25) is 0 Å². The average Bonchev–Trinajstić information content (AvgIpc) is 2.45. The zero-order valence-electron chi connectivity index (χ0n) is 11.3. The fourth-order valence-electron chi connectivity index (χ4n) is 1.98. The summed E-state index contributed by atoms with van der Waals surface area (Å²) in [5.74, 6) is -0.0568. The first-order valence-electron chi connectivity index (χ1n) is 6.50. The van der Waals surface area contributed by atoms with Crippen LogP contribution in [0.3, 0.4) is 0 Å². The Morgan fingerprint density at radius 1 is 1.15 bits per heavy atom. The molecule has 0 fully saturated rings. The van der Waals surface area contributed by atoms with Gasteiger partial charge in [-0.3, -0.25) is 4.79 Å². The van der Waals surface area contributed by atoms with Crippen LogP contribution < -0.4 is 10.6 Å². The number of nitrogens with one attached hydrogen (secondary N) is 2. The second-order valence-electron chi connectivity index (χ2n) is 4.48. The van der Waals surface area contributed by atoms with E-state index in [1.807, 2.05) is 55.6 Å². The number of hydrogen-bond donors (Lipinski definition) is 2. The second kappa shape index (κ2) is 7.40. The van der Waals surface area contributed by atoms with Gasteiger partial charge in [0, 0.05) is 14.8 Å². The number of likely N-dealkylation sites (N-methyl/N-ethyl adjacent to an activating group) is 1. The predicted octanol–water partition coefficient (Wildman–Crippen LogP) is 3.31. The van der Waals surface area contributed by atoms with Crippen LogP contribution >= 0.6 is 22.6 Å². The van der Waals surface area contributed by atoms with Crippen LogP contribution in [-0.2, 0) is 6.42 Å². The molecule has 0 heterocycles. The highest BCUT2D eigenvalue weighted by Gasteiger charge is 2.10. The summed E-state index contributed by atoms with van der Waals surface area (Å²) in [6.07, 6.45) is 0.840. The number of rotatable bonds is 5. The summed E-state index contributed by atoms with van der Waals surface area (Å²) in [7, 11) is 1.91. The number of hydrogen-bond acceptors (Lipinski definition) is 2. The fourth-order valence-corrected chi connectivity index (χ4v) is 2.53. The van der Waals surface area contributed by atoms with Gasteiger partial charge in [0.15, 0.2) is 0 Å². The van der Waals surface area contributed by atoms with Gasteiger partial charge in [-0.15, -0.1) is 0 Å². The zero-order valence-corrected chi connectivity index (χ0v) is 13.5. The Kier molecular flexibility index (Phi) is 5.55. The van der Waals surface area contributed by atoms with Crippen LogP contribution in [0.15, 0.2) is 48.5 Å². The third kappa shape index (κ3) is 4.05. The minimum atomic E-state index is -0.0568. The van der Waals surface area contributed by atoms with Gasteiger partial charge in [-0.1, -0.05) is 24.3 Å². The van der Waals surface area contributed by atoms with Crippen molar-refractivity contribution in [2.45, 2.75) is 6.42 Å². The van der Waals surface area contributed by atoms with E-state index in [0.717, 1.165) is 33.4 Å². The monoisotopic (exact) mass is 380 g/mol. The molecular formula is C16H17IN2O. The van der Waals surface area contributed by atoms with Crippen molar-refractivity contribution >= 4 is 34.2 Å². The molecular weight excluding hydrogens is 363 g/mol. The van der Waals surface area contributed by atoms with E-state index in [1.165, 1.54) is 0 Å². The molecule has 0 aliphatic heterocycles. The molecule has 0 saturated heterocycles. The van der Waals surface area contributed by atoms with E-state index in [4.69, 9.17) is 0 Å². The topological polar surface area (TPSA) is 41.1 Å². The van der Waals surface area contributed by atoms with Crippen molar-refractivity contribution in [1.82, 2.24) is 5.32 Å². The third-order valence-electron chi connectivity index (χ3n) is 2.99. The van der Waals surface area contributed by atoms with Crippen molar-refractivity contribution in [1.29, 1.82) is 0 Å². The summed E-state index contributed by atoms with van der Waals surface area (Å²) in [6, 6.07) is 15.5. The molecule has 4 heteroatoms. The van der Waals surface area contributed by atoms with E-state index >= 15 is 0 Å². The minimum Gasteiger partial charge on any atom is -0.322 e. The van der Waals surface area contributed by atoms with Crippen molar-refractivity contribution in [3.05, 3.63) is 63.2 Å². The number of carbonyl (C=O) groups excluding carboxylic acids is 1. The Morgan fingerprint density at radius 3 is 2.70 bits per heavy atom. The summed E-state index contributed by atoms with van der Waals surface area (Å²) in [5.41, 5.74) is 2.62. The molecule has 2 aromatic carbocycles. The van der Waals surface area contributed by atoms with Gasteiger partial charge >= 0.3 is 0 Å². The molecule has 0 unspecified atom stereocenters. The van der Waals surface area contributed by atoms with E-state index in [9.17, 15) is 4.79 Å². The maximum atomic E-state index is 12.4. The van der Waals surface area contributed by atoms with Crippen LogP contribution in [0.5, 0.6) is 0 Å². The SMILES string of the molecule is CNCCc1ccccc1C(=O)Nc1cccc(I)c1. The number of anilines is 1. The largest absolute Gasteiger partial charge is 0.322 e. The molecule has 0 saturated carbocycles. The van der Waals surface area contributed by atoms with Gasteiger partial charge in [-0.2, -0.15) is 0 Å². The molecule has 2 aromatic rings. The maximum absolute atomic E-state index is 12.4. The van der Waals surface area contributed by atoms with Crippen LogP contribution in [0.4, 0.5) is 5.69 Å². The summed E-state index contributed by atoms with van der Waals surface area (Å²) in [6.45, 7) is 0.855. The fraction of sp³-hybridized carbons (Fsp3) is 0.188. The summed E-state index contributed by atoms with van der Waals surface area (Å²) in [4.78, 5) is 12.4. The summed E-state index contributed by atoms with van der Waals surface area (Å²) < 4.78 is 1.10. The molecule has 0 atom stereocenters. The third-order valence-corrected chi connectivity index (χ3v) is 3.66. The molecule has 0 aromatic heterocycles. The Morgan fingerprint density at radius 2 is 1.95 bits per heavy atom. The molecule has 0 aliphatic carbocycles. The van der Waals surface area contributed by atoms with Crippen molar-refractivity contribution in [2.75, 3.05) is 18.9 Å². The van der Waals surface area contributed by atoms with Gasteiger partial charge in [0.1, 0.15) is 0 Å². The highest BCUT2D eigenvalue weighted by Crippen LogP contribution is 2.15. The maximum Gasteiger partial charge on any atom is 0.255 e. The second-order valence-corrected chi connectivity index (χ2v) is 5.72. The highest BCUT2D eigenvalue weighted by atomic mass is 127. The minimum absolute atomic E-state index is 0.0568. The summed E-state index contributed by atoms with van der Waals surface area (Å²) in [5, 5.41) is 6.06. The van der Waals surface area contributed by atoms with Crippen LogP contribution in [0, 0.1) is 3.57 Å². The Labute approximate surface area is 132 Å². The first kappa shape index (κ1) is 15.0. The zero-order chi connectivity index (χ0) is 14.4. The van der Waals surface area contributed by atoms with Crippen LogP contribution in [-0.4, -0.2) is 19.5 Å². The lowest BCUT2D eigenvalue weighted by Gasteiger charge is -2.10. The number of amides is 1. The van der Waals surface area contributed by atoms with E-state index in [0.29, 0.717) is 0 Å². The first-order valence-corrected chi connectivity index (χ1v) is 7.58. The molecule has 1 amide bonds. The van der Waals surface area contributed by atoms with Crippen LogP contribution in [0.1, 0.15) is 15.9 Å². The van der Waals surface area contributed by atoms with Crippen molar-refractivity contribution < 1.29 is 4.79 Å². The quantitative estimate of drug-likeness (QED) is 0.782. The summed E-state index contributed by atoms with van der Waals surface area (Å²) >= 11 is 2.23. The normalized spacial score (nSPS) is 10.3. The molecule has 20 heavy (non-hydrogen) atoms. The predicted molar refractivity (Wildman–Crippen MR) is 91.2 cm³/mol. The Balaban J connectivity index is 2.16. The molecule has 0 radical (unpaired) electrons. The lowest BCUT2D eigenvalue weighted by atomic mass is 10.0. The molecule has 2 N–H and O–H groups in total. The van der Waals surface area contributed by atoms with Crippen molar-refractivity contribution in [3.8, 4) is 0 Å². The van der Waals surface area contributed by atoms with Gasteiger partial charge in [0.25, 0.3) is 5.91 Å². The van der Waals surface area contributed by atoms with E-state index in [-0.39, 0.29) is 5.91 Å².